The van der Waals surface area contributed by atoms with Crippen LogP contribution in [0.4, 0.5) is 4.39 Å². The van der Waals surface area contributed by atoms with Gasteiger partial charge < -0.3 is 9.64 Å². The van der Waals surface area contributed by atoms with Gasteiger partial charge in [-0.25, -0.2) is 9.18 Å². The van der Waals surface area contributed by atoms with Gasteiger partial charge in [0.25, 0.3) is 5.56 Å². The molecule has 2 heterocycles. The van der Waals surface area contributed by atoms with Crippen molar-refractivity contribution in [2.75, 3.05) is 19.7 Å². The van der Waals surface area contributed by atoms with Crippen molar-refractivity contribution in [1.82, 2.24) is 9.47 Å². The number of nitrogens with zero attached hydrogens (tertiary/aromatic N) is 2. The summed E-state index contributed by atoms with van der Waals surface area (Å²) < 4.78 is 20.1. The molecule has 0 saturated carbocycles. The van der Waals surface area contributed by atoms with Gasteiger partial charge in [-0.15, -0.1) is 11.3 Å². The van der Waals surface area contributed by atoms with E-state index in [4.69, 9.17) is 4.74 Å². The summed E-state index contributed by atoms with van der Waals surface area (Å²) in [6.07, 6.45) is 4.76. The number of amides is 1. The molecule has 0 spiro atoms. The summed E-state index contributed by atoms with van der Waals surface area (Å²) in [5.74, 6) is -1.09. The van der Waals surface area contributed by atoms with Crippen LogP contribution in [-0.2, 0) is 20.9 Å². The third-order valence-electron chi connectivity index (χ3n) is 4.38. The molecule has 3 rings (SSSR count). The number of thiazole rings is 1. The van der Waals surface area contributed by atoms with Crippen molar-refractivity contribution in [1.29, 1.82) is 0 Å². The van der Waals surface area contributed by atoms with E-state index in [9.17, 15) is 18.8 Å². The maximum Gasteiger partial charge on any atom is 0.333 e. The van der Waals surface area contributed by atoms with Crippen molar-refractivity contribution >= 4 is 35.4 Å². The monoisotopic (exact) mass is 404 g/mol. The average Bonchev–Trinajstić information content (AvgIpc) is 3.29. The van der Waals surface area contributed by atoms with Gasteiger partial charge in [-0.1, -0.05) is 12.1 Å². The highest BCUT2D eigenvalue weighted by Gasteiger charge is 2.19. The van der Waals surface area contributed by atoms with Crippen molar-refractivity contribution in [2.45, 2.75) is 26.3 Å². The molecule has 1 fully saturated rings. The van der Waals surface area contributed by atoms with E-state index in [2.05, 4.69) is 0 Å². The van der Waals surface area contributed by atoms with Crippen molar-refractivity contribution in [3.63, 3.8) is 0 Å². The summed E-state index contributed by atoms with van der Waals surface area (Å²) >= 11 is 1.10. The zero-order chi connectivity index (χ0) is 20.1. The van der Waals surface area contributed by atoms with Crippen molar-refractivity contribution in [3.05, 3.63) is 55.2 Å². The first-order chi connectivity index (χ1) is 13.5. The minimum atomic E-state index is -0.570. The van der Waals surface area contributed by atoms with Gasteiger partial charge in [-0.3, -0.25) is 14.2 Å². The van der Waals surface area contributed by atoms with Crippen LogP contribution in [0, 0.1) is 5.82 Å². The first kappa shape index (κ1) is 20.0. The molecular formula is C20H21FN2O4S. The third kappa shape index (κ3) is 4.75. The van der Waals surface area contributed by atoms with E-state index < -0.39 is 5.97 Å². The maximum atomic E-state index is 13.1. The van der Waals surface area contributed by atoms with Gasteiger partial charge in [0.05, 0.1) is 17.2 Å². The summed E-state index contributed by atoms with van der Waals surface area (Å²) in [6, 6.07) is 5.73. The Morgan fingerprint density at radius 2 is 1.89 bits per heavy atom. The van der Waals surface area contributed by atoms with Crippen LogP contribution in [0.2, 0.25) is 0 Å². The smallest absolute Gasteiger partial charge is 0.333 e. The van der Waals surface area contributed by atoms with Crippen molar-refractivity contribution in [2.24, 2.45) is 0 Å². The van der Waals surface area contributed by atoms with E-state index >= 15 is 0 Å². The molecule has 2 aromatic rings. The molecule has 1 amide bonds. The predicted octanol–water partition coefficient (Wildman–Crippen LogP) is 0.844. The van der Waals surface area contributed by atoms with Gasteiger partial charge in [0, 0.05) is 13.1 Å². The summed E-state index contributed by atoms with van der Waals surface area (Å²) in [5, 5.41) is 0. The van der Waals surface area contributed by atoms with Crippen molar-refractivity contribution < 1.29 is 18.7 Å². The normalized spacial score (nSPS) is 15.3. The lowest BCUT2D eigenvalue weighted by molar-refractivity contribution is -0.135. The summed E-state index contributed by atoms with van der Waals surface area (Å²) in [6.45, 7) is 3.15. The molecule has 0 aliphatic carbocycles. The highest BCUT2D eigenvalue weighted by molar-refractivity contribution is 7.07. The Balaban J connectivity index is 2.03. The van der Waals surface area contributed by atoms with Gasteiger partial charge in [0.15, 0.2) is 0 Å². The number of carbonyl (C=O) groups is 2. The minimum absolute atomic E-state index is 0.127. The molecule has 1 aromatic heterocycles. The SMILES string of the molecule is CCOC(=O)/C=c1/s/c(=C/c2ccc(F)cc2)c(=O)n1CC(=O)N1CCCC1. The van der Waals surface area contributed by atoms with Gasteiger partial charge in [-0.05, 0) is 43.5 Å². The van der Waals surface area contributed by atoms with E-state index in [1.165, 1.54) is 22.8 Å². The first-order valence-corrected chi connectivity index (χ1v) is 9.93. The van der Waals surface area contributed by atoms with Crippen LogP contribution in [0.25, 0.3) is 12.2 Å². The van der Waals surface area contributed by atoms with E-state index in [0.29, 0.717) is 27.8 Å². The Morgan fingerprint density at radius 3 is 2.54 bits per heavy atom. The van der Waals surface area contributed by atoms with E-state index in [0.717, 1.165) is 24.2 Å². The van der Waals surface area contributed by atoms with E-state index in [1.807, 2.05) is 0 Å². The topological polar surface area (TPSA) is 68.6 Å². The average molecular weight is 404 g/mol. The number of hydrogen-bond donors (Lipinski definition) is 0. The van der Waals surface area contributed by atoms with Crippen LogP contribution in [0.3, 0.4) is 0 Å². The Hall–Kier alpha value is -2.74. The molecule has 1 aliphatic heterocycles. The first-order valence-electron chi connectivity index (χ1n) is 9.11. The minimum Gasteiger partial charge on any atom is -0.463 e. The lowest BCUT2D eigenvalue weighted by Crippen LogP contribution is -2.39. The van der Waals surface area contributed by atoms with Crippen LogP contribution in [0.1, 0.15) is 25.3 Å². The summed E-state index contributed by atoms with van der Waals surface area (Å²) in [5.41, 5.74) is 0.290. The highest BCUT2D eigenvalue weighted by atomic mass is 32.1. The van der Waals surface area contributed by atoms with Crippen LogP contribution < -0.4 is 14.8 Å². The number of rotatable bonds is 5. The lowest BCUT2D eigenvalue weighted by atomic mass is 10.2. The predicted molar refractivity (Wildman–Crippen MR) is 105 cm³/mol. The second-order valence-electron chi connectivity index (χ2n) is 6.38. The summed E-state index contributed by atoms with van der Waals surface area (Å²) in [4.78, 5) is 39.0. The van der Waals surface area contributed by atoms with E-state index in [-0.39, 0.29) is 30.4 Å². The van der Waals surface area contributed by atoms with Crippen molar-refractivity contribution in [3.8, 4) is 0 Å². The number of halogens is 1. The third-order valence-corrected chi connectivity index (χ3v) is 5.44. The van der Waals surface area contributed by atoms with Gasteiger partial charge >= 0.3 is 5.97 Å². The molecule has 8 heteroatoms. The number of benzene rings is 1. The summed E-state index contributed by atoms with van der Waals surface area (Å²) in [7, 11) is 0. The van der Waals surface area contributed by atoms with Gasteiger partial charge in [0.1, 0.15) is 17.0 Å². The molecule has 6 nitrogen and oxygen atoms in total. The molecule has 1 aliphatic rings. The zero-order valence-corrected chi connectivity index (χ0v) is 16.3. The Morgan fingerprint density at radius 1 is 1.21 bits per heavy atom. The Kier molecular flexibility index (Phi) is 6.41. The van der Waals surface area contributed by atoms with Gasteiger partial charge in [-0.2, -0.15) is 0 Å². The Bertz CT molecular complexity index is 1030. The number of esters is 1. The molecule has 0 bridgehead atoms. The molecule has 0 atom stereocenters. The zero-order valence-electron chi connectivity index (χ0n) is 15.5. The largest absolute Gasteiger partial charge is 0.463 e. The fourth-order valence-corrected chi connectivity index (χ4v) is 4.02. The fraction of sp³-hybridized carbons (Fsp3) is 0.350. The second-order valence-corrected chi connectivity index (χ2v) is 7.44. The molecule has 148 valence electrons. The molecule has 1 aromatic carbocycles. The fourth-order valence-electron chi connectivity index (χ4n) is 2.99. The number of aromatic nitrogens is 1. The molecule has 1 saturated heterocycles. The molecule has 0 radical (unpaired) electrons. The number of carbonyl (C=O) groups excluding carboxylic acids is 2. The quantitative estimate of drug-likeness (QED) is 0.693. The number of ether oxygens (including phenoxy) is 1. The standard InChI is InChI=1S/C20H21FN2O4S/c1-2-27-19(25)12-18-23(13-17(24)22-9-3-4-10-22)20(26)16(28-18)11-14-5-7-15(21)8-6-14/h5-8,11-12H,2-4,9-10,13H2,1H3/b16-11+,18-12+. The number of likely N-dealkylation sites (tertiary alicyclic amines) is 1. The van der Waals surface area contributed by atoms with Crippen LogP contribution in [0.15, 0.2) is 29.1 Å². The highest BCUT2D eigenvalue weighted by Crippen LogP contribution is 2.07. The second kappa shape index (κ2) is 8.97. The van der Waals surface area contributed by atoms with E-state index in [1.54, 1.807) is 30.0 Å². The van der Waals surface area contributed by atoms with Crippen LogP contribution >= 0.6 is 11.3 Å². The molecule has 0 unspecified atom stereocenters. The van der Waals surface area contributed by atoms with Gasteiger partial charge in [0.2, 0.25) is 5.91 Å². The Labute approximate surface area is 165 Å². The number of hydrogen-bond acceptors (Lipinski definition) is 5. The lowest BCUT2D eigenvalue weighted by Gasteiger charge is -2.15. The molecule has 28 heavy (non-hydrogen) atoms. The molecular weight excluding hydrogens is 383 g/mol. The molecule has 0 N–H and O–H groups in total. The van der Waals surface area contributed by atoms with Crippen LogP contribution in [-0.4, -0.2) is 41.0 Å². The maximum absolute atomic E-state index is 13.1. The van der Waals surface area contributed by atoms with Crippen LogP contribution in [0.5, 0.6) is 0 Å².